The lowest BCUT2D eigenvalue weighted by Gasteiger charge is -2.22. The standard InChI is InChI=1S/C16H16BrCl2NO/c1-3-20-16(12-6-4-10(18)8-14(12)17)13-7-5-11(21-2)9-15(13)19/h4-9,16,20H,3H2,1-2H3. The Morgan fingerprint density at radius 1 is 1.14 bits per heavy atom. The highest BCUT2D eigenvalue weighted by Gasteiger charge is 2.19. The molecule has 0 fully saturated rings. The average Bonchev–Trinajstić information content (AvgIpc) is 2.46. The van der Waals surface area contributed by atoms with Gasteiger partial charge in [-0.05, 0) is 41.9 Å². The first-order chi connectivity index (χ1) is 10.1. The van der Waals surface area contributed by atoms with Gasteiger partial charge in [0.25, 0.3) is 0 Å². The van der Waals surface area contributed by atoms with Crippen LogP contribution in [0.3, 0.4) is 0 Å². The smallest absolute Gasteiger partial charge is 0.120 e. The predicted molar refractivity (Wildman–Crippen MR) is 92.7 cm³/mol. The topological polar surface area (TPSA) is 21.3 Å². The molecule has 112 valence electrons. The molecule has 5 heteroatoms. The van der Waals surface area contributed by atoms with Gasteiger partial charge >= 0.3 is 0 Å². The first kappa shape index (κ1) is 16.6. The fraction of sp³-hybridized carbons (Fsp3) is 0.250. The monoisotopic (exact) mass is 387 g/mol. The van der Waals surface area contributed by atoms with E-state index in [0.29, 0.717) is 10.0 Å². The van der Waals surface area contributed by atoms with Crippen molar-refractivity contribution in [3.8, 4) is 5.75 Å². The van der Waals surface area contributed by atoms with Crippen LogP contribution in [-0.4, -0.2) is 13.7 Å². The highest BCUT2D eigenvalue weighted by atomic mass is 79.9. The van der Waals surface area contributed by atoms with Crippen LogP contribution in [0.1, 0.15) is 24.1 Å². The number of benzene rings is 2. The van der Waals surface area contributed by atoms with Gasteiger partial charge < -0.3 is 10.1 Å². The molecular weight excluding hydrogens is 373 g/mol. The zero-order valence-electron chi connectivity index (χ0n) is 11.8. The molecule has 2 nitrogen and oxygen atoms in total. The lowest BCUT2D eigenvalue weighted by Crippen LogP contribution is -2.22. The van der Waals surface area contributed by atoms with Crippen LogP contribution in [0.25, 0.3) is 0 Å². The van der Waals surface area contributed by atoms with Crippen LogP contribution in [0.5, 0.6) is 5.75 Å². The van der Waals surface area contributed by atoms with Crippen molar-refractivity contribution >= 4 is 39.1 Å². The number of halogens is 3. The van der Waals surface area contributed by atoms with Gasteiger partial charge in [-0.1, -0.05) is 58.2 Å². The number of methoxy groups -OCH3 is 1. The molecule has 0 spiro atoms. The molecule has 0 aliphatic carbocycles. The number of nitrogens with one attached hydrogen (secondary N) is 1. The normalized spacial score (nSPS) is 12.2. The molecule has 0 aliphatic rings. The molecule has 0 saturated carbocycles. The van der Waals surface area contributed by atoms with Crippen LogP contribution >= 0.6 is 39.1 Å². The molecule has 1 unspecified atom stereocenters. The van der Waals surface area contributed by atoms with Gasteiger partial charge in [-0.15, -0.1) is 0 Å². The van der Waals surface area contributed by atoms with Crippen molar-refractivity contribution < 1.29 is 4.74 Å². The Labute approximate surface area is 143 Å². The predicted octanol–water partition coefficient (Wildman–Crippen LogP) is 5.46. The summed E-state index contributed by atoms with van der Waals surface area (Å²) < 4.78 is 6.16. The van der Waals surface area contributed by atoms with Crippen LogP contribution in [-0.2, 0) is 0 Å². The molecule has 0 heterocycles. The van der Waals surface area contributed by atoms with Crippen LogP contribution in [0, 0.1) is 0 Å². The Hall–Kier alpha value is -0.740. The van der Waals surface area contributed by atoms with Crippen LogP contribution in [0.15, 0.2) is 40.9 Å². The van der Waals surface area contributed by atoms with E-state index in [9.17, 15) is 0 Å². The molecule has 1 N–H and O–H groups in total. The third-order valence-electron chi connectivity index (χ3n) is 3.20. The lowest BCUT2D eigenvalue weighted by molar-refractivity contribution is 0.414. The van der Waals surface area contributed by atoms with Gasteiger partial charge in [0.15, 0.2) is 0 Å². The first-order valence-corrected chi connectivity index (χ1v) is 8.13. The maximum Gasteiger partial charge on any atom is 0.120 e. The van der Waals surface area contributed by atoms with E-state index in [1.807, 2.05) is 36.4 Å². The summed E-state index contributed by atoms with van der Waals surface area (Å²) >= 11 is 16.0. The molecule has 2 aromatic rings. The van der Waals surface area contributed by atoms with E-state index >= 15 is 0 Å². The molecule has 21 heavy (non-hydrogen) atoms. The highest BCUT2D eigenvalue weighted by molar-refractivity contribution is 9.10. The number of rotatable bonds is 5. The first-order valence-electron chi connectivity index (χ1n) is 6.58. The molecule has 0 bridgehead atoms. The minimum absolute atomic E-state index is 0.0138. The minimum Gasteiger partial charge on any atom is -0.497 e. The summed E-state index contributed by atoms with van der Waals surface area (Å²) in [5, 5.41) is 4.82. The van der Waals surface area contributed by atoms with Crippen LogP contribution < -0.4 is 10.1 Å². The van der Waals surface area contributed by atoms with Gasteiger partial charge in [0, 0.05) is 14.5 Å². The molecule has 0 aliphatic heterocycles. The summed E-state index contributed by atoms with van der Waals surface area (Å²) in [6.45, 7) is 2.89. The summed E-state index contributed by atoms with van der Waals surface area (Å²) in [6, 6.07) is 11.5. The van der Waals surface area contributed by atoms with Crippen molar-refractivity contribution in [2.75, 3.05) is 13.7 Å². The van der Waals surface area contributed by atoms with Gasteiger partial charge in [-0.25, -0.2) is 0 Å². The number of hydrogen-bond donors (Lipinski definition) is 1. The van der Waals surface area contributed by atoms with E-state index in [2.05, 4.69) is 28.2 Å². The molecule has 0 amide bonds. The highest BCUT2D eigenvalue weighted by Crippen LogP contribution is 2.35. The van der Waals surface area contributed by atoms with Gasteiger partial charge in [0.05, 0.1) is 13.2 Å². The molecule has 0 saturated heterocycles. The van der Waals surface area contributed by atoms with Crippen molar-refractivity contribution in [1.29, 1.82) is 0 Å². The van der Waals surface area contributed by atoms with E-state index < -0.39 is 0 Å². The van der Waals surface area contributed by atoms with E-state index in [0.717, 1.165) is 27.9 Å². The van der Waals surface area contributed by atoms with E-state index in [-0.39, 0.29) is 6.04 Å². The number of hydrogen-bond acceptors (Lipinski definition) is 2. The second-order valence-corrected chi connectivity index (χ2v) is 6.24. The molecule has 2 aromatic carbocycles. The molecule has 0 aromatic heterocycles. The molecule has 2 rings (SSSR count). The van der Waals surface area contributed by atoms with E-state index in [1.54, 1.807) is 7.11 Å². The fourth-order valence-corrected chi connectivity index (χ4v) is 3.39. The summed E-state index contributed by atoms with van der Waals surface area (Å²) in [6.07, 6.45) is 0. The molecular formula is C16H16BrCl2NO. The molecule has 0 radical (unpaired) electrons. The SMILES string of the molecule is CCNC(c1ccc(OC)cc1Cl)c1ccc(Cl)cc1Br. The Kier molecular flexibility index (Phi) is 5.94. The fourth-order valence-electron chi connectivity index (χ4n) is 2.20. The van der Waals surface area contributed by atoms with Crippen molar-refractivity contribution in [3.05, 3.63) is 62.0 Å². The van der Waals surface area contributed by atoms with Crippen molar-refractivity contribution in [2.45, 2.75) is 13.0 Å². The molecule has 1 atom stereocenters. The van der Waals surface area contributed by atoms with Gasteiger partial charge in [0.1, 0.15) is 5.75 Å². The Bertz CT molecular complexity index is 634. The van der Waals surface area contributed by atoms with Crippen LogP contribution in [0.4, 0.5) is 0 Å². The second-order valence-electron chi connectivity index (χ2n) is 4.54. The summed E-state index contributed by atoms with van der Waals surface area (Å²) in [7, 11) is 1.63. The lowest BCUT2D eigenvalue weighted by atomic mass is 9.98. The van der Waals surface area contributed by atoms with Crippen molar-refractivity contribution in [3.63, 3.8) is 0 Å². The Balaban J connectivity index is 2.48. The Morgan fingerprint density at radius 2 is 1.86 bits per heavy atom. The maximum atomic E-state index is 6.41. The van der Waals surface area contributed by atoms with Crippen LogP contribution in [0.2, 0.25) is 10.0 Å². The number of ether oxygens (including phenoxy) is 1. The summed E-state index contributed by atoms with van der Waals surface area (Å²) in [4.78, 5) is 0. The largest absolute Gasteiger partial charge is 0.497 e. The van der Waals surface area contributed by atoms with E-state index in [4.69, 9.17) is 27.9 Å². The second kappa shape index (κ2) is 7.50. The summed E-state index contributed by atoms with van der Waals surface area (Å²) in [5.41, 5.74) is 2.09. The van der Waals surface area contributed by atoms with Crippen molar-refractivity contribution in [1.82, 2.24) is 5.32 Å². The Morgan fingerprint density at radius 3 is 2.43 bits per heavy atom. The summed E-state index contributed by atoms with van der Waals surface area (Å²) in [5.74, 6) is 0.745. The quantitative estimate of drug-likeness (QED) is 0.733. The van der Waals surface area contributed by atoms with Gasteiger partial charge in [-0.3, -0.25) is 0 Å². The third kappa shape index (κ3) is 3.92. The maximum absolute atomic E-state index is 6.41. The zero-order chi connectivity index (χ0) is 15.4. The van der Waals surface area contributed by atoms with Gasteiger partial charge in [-0.2, -0.15) is 0 Å². The van der Waals surface area contributed by atoms with Crippen molar-refractivity contribution in [2.24, 2.45) is 0 Å². The van der Waals surface area contributed by atoms with Gasteiger partial charge in [0.2, 0.25) is 0 Å². The van der Waals surface area contributed by atoms with E-state index in [1.165, 1.54) is 0 Å². The average molecular weight is 389 g/mol. The zero-order valence-corrected chi connectivity index (χ0v) is 14.9. The third-order valence-corrected chi connectivity index (χ3v) is 4.45. The minimum atomic E-state index is -0.0138.